The number of nitro benzene ring substituents is 1. The van der Waals surface area contributed by atoms with Crippen LogP contribution in [0.25, 0.3) is 16.8 Å². The van der Waals surface area contributed by atoms with Crippen LogP contribution in [-0.2, 0) is 32.3 Å². The number of non-ortho nitro benzene ring substituents is 1. The third kappa shape index (κ3) is 11.4. The maximum absolute atomic E-state index is 15.5. The van der Waals surface area contributed by atoms with E-state index in [0.29, 0.717) is 54.2 Å². The van der Waals surface area contributed by atoms with Crippen LogP contribution in [0.1, 0.15) is 92.4 Å². The molecule has 7 atom stereocenters. The quantitative estimate of drug-likeness (QED) is 0.0224. The lowest BCUT2D eigenvalue weighted by atomic mass is 9.55. The number of hydrogen-bond acceptors (Lipinski definition) is 11. The monoisotopic (exact) mass is 993 g/mol. The van der Waals surface area contributed by atoms with Gasteiger partial charge in [0.05, 0.1) is 29.8 Å². The van der Waals surface area contributed by atoms with Gasteiger partial charge in [0.1, 0.15) is 30.0 Å². The van der Waals surface area contributed by atoms with Crippen molar-refractivity contribution in [2.45, 2.75) is 101 Å². The van der Waals surface area contributed by atoms with Crippen LogP contribution >= 0.6 is 0 Å². The molecule has 2 aliphatic carbocycles. The fourth-order valence-electron chi connectivity index (χ4n) is 11.4. The van der Waals surface area contributed by atoms with Gasteiger partial charge in [-0.05, 0) is 120 Å². The summed E-state index contributed by atoms with van der Waals surface area (Å²) in [7, 11) is 0. The number of unbranched alkanes of at least 4 members (excludes halogenated alkanes) is 2. The van der Waals surface area contributed by atoms with E-state index in [4.69, 9.17) is 28.9 Å². The van der Waals surface area contributed by atoms with E-state index in [1.807, 2.05) is 60.7 Å². The van der Waals surface area contributed by atoms with Crippen molar-refractivity contribution in [2.75, 3.05) is 26.4 Å². The minimum atomic E-state index is -1.57. The molecule has 0 spiro atoms. The van der Waals surface area contributed by atoms with Crippen molar-refractivity contribution in [2.24, 2.45) is 22.9 Å². The summed E-state index contributed by atoms with van der Waals surface area (Å²) in [5, 5.41) is 38.7. The number of carbonyl (C=O) groups is 1. The zero-order valence-electron chi connectivity index (χ0n) is 41.1. The number of aliphatic hydroxyl groups is 2. The Morgan fingerprint density at radius 3 is 2.47 bits per heavy atom. The highest BCUT2D eigenvalue weighted by atomic mass is 19.1. The normalized spacial score (nSPS) is 23.8. The van der Waals surface area contributed by atoms with E-state index in [-0.39, 0.29) is 74.6 Å². The van der Waals surface area contributed by atoms with Crippen LogP contribution in [0.4, 0.5) is 10.1 Å². The molecule has 1 amide bonds. The molecule has 4 aliphatic rings. The SMILES string of the molecule is C=CCO[C@@]12Oc3ccc(OCc4ccccc4F)cc3[C@H]3[C@H](CCCCO)[C@@H](CCCCO)C=C(C(=NOC4CCCCO4)C[C@@H]1N(Cc1cccc4ccccc14)C(=O)C=Cc1ccc([N+](=O)[O-])cc1)[C@H]32. The predicted octanol–water partition coefficient (Wildman–Crippen LogP) is 11.4. The zero-order valence-corrected chi connectivity index (χ0v) is 41.1. The average Bonchev–Trinajstić information content (AvgIpc) is 3.41. The largest absolute Gasteiger partial charge is 0.489 e. The van der Waals surface area contributed by atoms with Crippen LogP contribution in [0.15, 0.2) is 145 Å². The van der Waals surface area contributed by atoms with E-state index in [1.54, 1.807) is 47.4 Å². The molecular weight excluding hydrogens is 930 g/mol. The molecule has 0 aromatic heterocycles. The van der Waals surface area contributed by atoms with Crippen LogP contribution in [0.2, 0.25) is 0 Å². The molecule has 1 unspecified atom stereocenters. The molecule has 13 nitrogen and oxygen atoms in total. The molecule has 2 heterocycles. The lowest BCUT2D eigenvalue weighted by Gasteiger charge is -2.60. The van der Waals surface area contributed by atoms with E-state index in [2.05, 4.69) is 12.7 Å². The Bertz CT molecular complexity index is 2820. The Labute approximate surface area is 425 Å². The van der Waals surface area contributed by atoms with Crippen molar-refractivity contribution < 1.29 is 48.1 Å². The van der Waals surface area contributed by atoms with Gasteiger partial charge in [-0.2, -0.15) is 0 Å². The molecule has 2 N–H and O–H groups in total. The van der Waals surface area contributed by atoms with Gasteiger partial charge < -0.3 is 38.9 Å². The van der Waals surface area contributed by atoms with Gasteiger partial charge in [-0.15, -0.1) is 6.58 Å². The summed E-state index contributed by atoms with van der Waals surface area (Å²) in [6.07, 6.45) is 13.4. The Balaban J connectivity index is 1.25. The fourth-order valence-corrected chi connectivity index (χ4v) is 11.4. The molecule has 5 aromatic carbocycles. The van der Waals surface area contributed by atoms with Crippen molar-refractivity contribution in [1.29, 1.82) is 0 Å². The highest BCUT2D eigenvalue weighted by molar-refractivity contribution is 6.03. The zero-order chi connectivity index (χ0) is 50.7. The van der Waals surface area contributed by atoms with Crippen molar-refractivity contribution in [3.63, 3.8) is 0 Å². The van der Waals surface area contributed by atoms with Crippen molar-refractivity contribution in [3.8, 4) is 11.5 Å². The van der Waals surface area contributed by atoms with E-state index in [1.165, 1.54) is 24.3 Å². The van der Waals surface area contributed by atoms with E-state index < -0.39 is 29.0 Å². The highest BCUT2D eigenvalue weighted by Crippen LogP contribution is 2.62. The first-order chi connectivity index (χ1) is 35.7. The molecule has 2 fully saturated rings. The number of carbonyl (C=O) groups excluding carboxylic acids is 1. The van der Waals surface area contributed by atoms with Crippen molar-refractivity contribution in [1.82, 2.24) is 4.90 Å². The van der Waals surface area contributed by atoms with E-state index in [9.17, 15) is 24.7 Å². The molecule has 0 radical (unpaired) electrons. The summed E-state index contributed by atoms with van der Waals surface area (Å²) in [6.45, 7) is 4.93. The maximum Gasteiger partial charge on any atom is 0.269 e. The lowest BCUT2D eigenvalue weighted by Crippen LogP contribution is -2.70. The van der Waals surface area contributed by atoms with E-state index >= 15 is 4.79 Å². The smallest absolute Gasteiger partial charge is 0.269 e. The standard InChI is InChI=1S/C59H64FN3O10/c1-2-33-71-59-54(62(38-43-18-13-17-41-14-3-5-19-47(41)43)55(66)30-25-40-23-26-45(27-24-40)63(67)68)37-52(61-73-56-22-9-12-34-69-56)49-35-42(15-7-10-31-64)48(20-8-11-32-65)57(58(49)59)50-36-46(28-29-53(50)72-59)70-39-44-16-4-6-21-51(44)60/h2-6,13-14,16-19,21,23-30,35-36,42,48,54,56-58,64-65H,1,7-12,15,20,22,31-34,37-39H2/t42-,48+,54-,56?,57+,58+,59+/m0/s1. The second-order valence-corrected chi connectivity index (χ2v) is 19.3. The molecule has 0 bridgehead atoms. The van der Waals surface area contributed by atoms with Gasteiger partial charge in [0.2, 0.25) is 18.0 Å². The molecule has 9 rings (SSSR count). The number of nitrogens with zero attached hydrogens (tertiary/aromatic N) is 3. The van der Waals surface area contributed by atoms with Gasteiger partial charge in [0, 0.05) is 67.9 Å². The molecule has 5 aromatic rings. The number of aliphatic hydroxyl groups excluding tert-OH is 2. The molecular formula is C59H64FN3O10. The third-order valence-electron chi connectivity index (χ3n) is 14.8. The summed E-state index contributed by atoms with van der Waals surface area (Å²) >= 11 is 0. The van der Waals surface area contributed by atoms with Crippen LogP contribution < -0.4 is 9.47 Å². The number of rotatable bonds is 22. The van der Waals surface area contributed by atoms with Crippen molar-refractivity contribution >= 4 is 34.2 Å². The number of benzene rings is 5. The average molecular weight is 994 g/mol. The highest BCUT2D eigenvalue weighted by Gasteiger charge is 2.65. The van der Waals surface area contributed by atoms with Gasteiger partial charge >= 0.3 is 0 Å². The van der Waals surface area contributed by atoms with Crippen LogP contribution in [0.5, 0.6) is 11.5 Å². The Morgan fingerprint density at radius 1 is 0.932 bits per heavy atom. The topological polar surface area (TPSA) is 162 Å². The van der Waals surface area contributed by atoms with Gasteiger partial charge in [-0.1, -0.05) is 90.8 Å². The first kappa shape index (κ1) is 51.2. The van der Waals surface area contributed by atoms with Gasteiger partial charge in [0.25, 0.3) is 5.69 Å². The Hall–Kier alpha value is -6.71. The summed E-state index contributed by atoms with van der Waals surface area (Å²) in [5.74, 6) is -2.24. The molecule has 1 saturated heterocycles. The summed E-state index contributed by atoms with van der Waals surface area (Å²) in [5.41, 5.74) is 4.20. The maximum atomic E-state index is 15.5. The van der Waals surface area contributed by atoms with Crippen LogP contribution in [0, 0.1) is 33.7 Å². The van der Waals surface area contributed by atoms with Gasteiger partial charge in [-0.25, -0.2) is 4.39 Å². The first-order valence-corrected chi connectivity index (χ1v) is 25.6. The number of allylic oxidation sites excluding steroid dienone is 1. The Morgan fingerprint density at radius 2 is 1.70 bits per heavy atom. The molecule has 1 saturated carbocycles. The predicted molar refractivity (Wildman–Crippen MR) is 277 cm³/mol. The number of halogens is 1. The van der Waals surface area contributed by atoms with Gasteiger partial charge in [0.15, 0.2) is 0 Å². The number of amides is 1. The lowest BCUT2D eigenvalue weighted by molar-refractivity contribution is -0.384. The summed E-state index contributed by atoms with van der Waals surface area (Å²) in [6, 6.07) is 31.4. The molecule has 14 heteroatoms. The first-order valence-electron chi connectivity index (χ1n) is 25.6. The van der Waals surface area contributed by atoms with Crippen LogP contribution in [0.3, 0.4) is 0 Å². The van der Waals surface area contributed by atoms with Gasteiger partial charge in [-0.3, -0.25) is 14.9 Å². The molecule has 382 valence electrons. The number of ether oxygens (including phenoxy) is 4. The molecule has 2 aliphatic heterocycles. The Kier molecular flexibility index (Phi) is 16.8. The molecule has 73 heavy (non-hydrogen) atoms. The third-order valence-corrected chi connectivity index (χ3v) is 14.8. The number of nitro groups is 1. The van der Waals surface area contributed by atoms with Crippen LogP contribution in [-0.4, -0.2) is 76.2 Å². The summed E-state index contributed by atoms with van der Waals surface area (Å²) in [4.78, 5) is 34.8. The second-order valence-electron chi connectivity index (χ2n) is 19.3. The second kappa shape index (κ2) is 23.9. The number of hydrogen-bond donors (Lipinski definition) is 2. The summed E-state index contributed by atoms with van der Waals surface area (Å²) < 4.78 is 42.2. The van der Waals surface area contributed by atoms with Crippen molar-refractivity contribution in [3.05, 3.63) is 178 Å². The fraction of sp³-hybridized carbons (Fsp3) is 0.390. The minimum absolute atomic E-state index is 0.000248. The number of oxime groups is 1. The number of fused-ring (bicyclic) bond motifs is 3. The minimum Gasteiger partial charge on any atom is -0.489 e. The van der Waals surface area contributed by atoms with E-state index in [0.717, 1.165) is 66.0 Å².